The van der Waals surface area contributed by atoms with Gasteiger partial charge in [-0.2, -0.15) is 0 Å². The summed E-state index contributed by atoms with van der Waals surface area (Å²) in [6, 6.07) is 81.9. The third kappa shape index (κ3) is 4.76. The van der Waals surface area contributed by atoms with Gasteiger partial charge in [0.05, 0.1) is 11.1 Å². The van der Waals surface area contributed by atoms with Gasteiger partial charge in [-0.15, -0.1) is 0 Å². The Labute approximate surface area is 369 Å². The predicted molar refractivity (Wildman–Crippen MR) is 263 cm³/mol. The molecule has 3 nitrogen and oxygen atoms in total. The van der Waals surface area contributed by atoms with Crippen LogP contribution in [0.3, 0.4) is 0 Å². The van der Waals surface area contributed by atoms with Crippen LogP contribution in [-0.4, -0.2) is 0 Å². The minimum absolute atomic E-state index is 0.649. The number of hydrogen-bond acceptors (Lipinski definition) is 3. The zero-order chi connectivity index (χ0) is 41.9. The van der Waals surface area contributed by atoms with Crippen LogP contribution in [0.1, 0.15) is 22.3 Å². The molecule has 64 heavy (non-hydrogen) atoms. The first-order valence-corrected chi connectivity index (χ1v) is 22.0. The van der Waals surface area contributed by atoms with Crippen molar-refractivity contribution in [2.45, 2.75) is 5.41 Å². The number of rotatable bonds is 4. The Hall–Kier alpha value is -8.40. The lowest BCUT2D eigenvalue weighted by molar-refractivity contribution is 0.668. The molecular weight excluding hydrogens is 779 g/mol. The third-order valence-corrected chi connectivity index (χ3v) is 13.9. The first-order valence-electron chi connectivity index (χ1n) is 22.0. The lowest BCUT2D eigenvalue weighted by Crippen LogP contribution is -2.29. The van der Waals surface area contributed by atoms with Crippen LogP contribution in [0.5, 0.6) is 0 Å². The summed E-state index contributed by atoms with van der Waals surface area (Å²) in [5, 5.41) is 4.49. The molecule has 2 aliphatic carbocycles. The van der Waals surface area contributed by atoms with Crippen molar-refractivity contribution in [3.8, 4) is 44.5 Å². The fourth-order valence-corrected chi connectivity index (χ4v) is 11.3. The third-order valence-electron chi connectivity index (χ3n) is 13.9. The van der Waals surface area contributed by atoms with Gasteiger partial charge >= 0.3 is 0 Å². The molecule has 1 atom stereocenters. The van der Waals surface area contributed by atoms with Crippen molar-refractivity contribution in [2.75, 3.05) is 4.90 Å². The van der Waals surface area contributed by atoms with Crippen molar-refractivity contribution in [2.24, 2.45) is 0 Å². The number of furan rings is 2. The van der Waals surface area contributed by atoms with Crippen molar-refractivity contribution in [3.05, 3.63) is 247 Å². The second-order valence-electron chi connectivity index (χ2n) is 17.1. The van der Waals surface area contributed by atoms with E-state index < -0.39 is 5.41 Å². The second kappa shape index (κ2) is 13.3. The highest BCUT2D eigenvalue weighted by Crippen LogP contribution is 2.63. The maximum Gasteiger partial charge on any atom is 0.136 e. The van der Waals surface area contributed by atoms with Gasteiger partial charge in [-0.1, -0.05) is 170 Å². The summed E-state index contributed by atoms with van der Waals surface area (Å²) < 4.78 is 13.0. The lowest BCUT2D eigenvalue weighted by Gasteiger charge is -2.36. The van der Waals surface area contributed by atoms with E-state index >= 15 is 0 Å². The van der Waals surface area contributed by atoms with E-state index in [0.29, 0.717) is 0 Å². The van der Waals surface area contributed by atoms with E-state index in [-0.39, 0.29) is 0 Å². The van der Waals surface area contributed by atoms with E-state index in [9.17, 15) is 0 Å². The molecule has 14 rings (SSSR count). The number of nitrogens with zero attached hydrogens (tertiary/aromatic N) is 1. The minimum atomic E-state index is -0.649. The van der Waals surface area contributed by atoms with Crippen molar-refractivity contribution >= 4 is 60.9 Å². The minimum Gasteiger partial charge on any atom is -0.456 e. The molecule has 0 saturated heterocycles. The summed E-state index contributed by atoms with van der Waals surface area (Å²) >= 11 is 0. The SMILES string of the molecule is c1ccc(-c2ccccc2N(c2ccc3c(c2)-c2ccccc2-c2ccccc2C32c3ccccc3-c3c2ccc2oc4ccccc4c32)c2ccc3oc4ccccc4c3c2)cc1. The van der Waals surface area contributed by atoms with Gasteiger partial charge in [-0.3, -0.25) is 0 Å². The largest absolute Gasteiger partial charge is 0.456 e. The van der Waals surface area contributed by atoms with E-state index in [1.165, 1.54) is 61.0 Å². The summed E-state index contributed by atoms with van der Waals surface area (Å²) in [5.41, 5.74) is 20.8. The average Bonchev–Trinajstić information content (AvgIpc) is 4.00. The quantitative estimate of drug-likeness (QED) is 0.177. The summed E-state index contributed by atoms with van der Waals surface area (Å²) in [5.74, 6) is 0. The predicted octanol–water partition coefficient (Wildman–Crippen LogP) is 16.6. The van der Waals surface area contributed by atoms with E-state index in [4.69, 9.17) is 8.83 Å². The van der Waals surface area contributed by atoms with Crippen LogP contribution >= 0.6 is 0 Å². The van der Waals surface area contributed by atoms with E-state index in [1.54, 1.807) is 0 Å². The van der Waals surface area contributed by atoms with Crippen LogP contribution in [0.4, 0.5) is 17.1 Å². The molecule has 0 saturated carbocycles. The van der Waals surface area contributed by atoms with Gasteiger partial charge in [0.25, 0.3) is 0 Å². The van der Waals surface area contributed by atoms with Crippen LogP contribution in [0.25, 0.3) is 88.4 Å². The fourth-order valence-electron chi connectivity index (χ4n) is 11.3. The van der Waals surface area contributed by atoms with E-state index in [2.05, 4.69) is 223 Å². The van der Waals surface area contributed by atoms with E-state index in [1.807, 2.05) is 6.07 Å². The molecule has 10 aromatic carbocycles. The highest BCUT2D eigenvalue weighted by Gasteiger charge is 2.50. The van der Waals surface area contributed by atoms with Crippen LogP contribution in [0.15, 0.2) is 233 Å². The zero-order valence-corrected chi connectivity index (χ0v) is 34.6. The smallest absolute Gasteiger partial charge is 0.136 e. The molecule has 2 aromatic heterocycles. The second-order valence-corrected chi connectivity index (χ2v) is 17.1. The lowest BCUT2D eigenvalue weighted by atomic mass is 9.66. The topological polar surface area (TPSA) is 29.5 Å². The number of hydrogen-bond donors (Lipinski definition) is 0. The maximum atomic E-state index is 6.58. The molecule has 0 bridgehead atoms. The Balaban J connectivity index is 1.10. The summed E-state index contributed by atoms with van der Waals surface area (Å²) in [6.07, 6.45) is 0. The molecule has 298 valence electrons. The molecule has 0 amide bonds. The molecule has 12 aromatic rings. The summed E-state index contributed by atoms with van der Waals surface area (Å²) in [4.78, 5) is 2.44. The Bertz CT molecular complexity index is 3870. The van der Waals surface area contributed by atoms with Crippen molar-refractivity contribution < 1.29 is 8.83 Å². The van der Waals surface area contributed by atoms with Gasteiger partial charge in [-0.05, 0) is 116 Å². The van der Waals surface area contributed by atoms with E-state index in [0.717, 1.165) is 66.7 Å². The summed E-state index contributed by atoms with van der Waals surface area (Å²) in [7, 11) is 0. The molecule has 0 N–H and O–H groups in total. The molecule has 0 fully saturated rings. The van der Waals surface area contributed by atoms with Crippen LogP contribution in [0, 0.1) is 0 Å². The molecular formula is C61H37NO2. The zero-order valence-electron chi connectivity index (χ0n) is 34.6. The van der Waals surface area contributed by atoms with Crippen molar-refractivity contribution in [3.63, 3.8) is 0 Å². The molecule has 1 unspecified atom stereocenters. The Morgan fingerprint density at radius 1 is 0.312 bits per heavy atom. The molecule has 1 spiro atoms. The monoisotopic (exact) mass is 815 g/mol. The molecule has 0 radical (unpaired) electrons. The highest BCUT2D eigenvalue weighted by atomic mass is 16.3. The summed E-state index contributed by atoms with van der Waals surface area (Å²) in [6.45, 7) is 0. The van der Waals surface area contributed by atoms with Crippen molar-refractivity contribution in [1.82, 2.24) is 0 Å². The Kier molecular flexibility index (Phi) is 7.32. The van der Waals surface area contributed by atoms with Crippen LogP contribution in [-0.2, 0) is 5.41 Å². The Morgan fingerprint density at radius 3 is 1.64 bits per heavy atom. The maximum absolute atomic E-state index is 6.58. The standard InChI is InChI=1S/C61H37NO2/c1-2-16-38(17-3-1)41-18-8-13-27-54(41)62(40-31-34-57-49(37-40)45-22-9-14-28-55(45)63-57)39-30-32-52-48(36-39)43-20-5-4-19-42(43)44-21-6-11-25-50(44)61(52)51-26-12-7-23-46(51)59-53(61)33-35-58-60(59)47-24-10-15-29-56(47)64-58/h1-37H. The first-order chi connectivity index (χ1) is 31.8. The molecule has 2 heterocycles. The Morgan fingerprint density at radius 2 is 0.828 bits per heavy atom. The van der Waals surface area contributed by atoms with Gasteiger partial charge in [-0.25, -0.2) is 0 Å². The molecule has 3 heteroatoms. The first kappa shape index (κ1) is 35.2. The van der Waals surface area contributed by atoms with Crippen molar-refractivity contribution in [1.29, 1.82) is 0 Å². The van der Waals surface area contributed by atoms with Gasteiger partial charge in [0.1, 0.15) is 22.3 Å². The van der Waals surface area contributed by atoms with Gasteiger partial charge in [0, 0.05) is 38.5 Å². The number of para-hydroxylation sites is 3. The average molecular weight is 816 g/mol. The molecule has 0 aliphatic heterocycles. The number of fused-ring (bicyclic) bond motifs is 19. The highest BCUT2D eigenvalue weighted by molar-refractivity contribution is 6.16. The van der Waals surface area contributed by atoms with Gasteiger partial charge in [0.2, 0.25) is 0 Å². The number of anilines is 3. The fraction of sp³-hybridized carbons (Fsp3) is 0.0164. The number of benzene rings is 10. The van der Waals surface area contributed by atoms with Gasteiger partial charge in [0.15, 0.2) is 0 Å². The van der Waals surface area contributed by atoms with Gasteiger partial charge < -0.3 is 13.7 Å². The normalized spacial score (nSPS) is 14.6. The van der Waals surface area contributed by atoms with Crippen LogP contribution < -0.4 is 4.90 Å². The van der Waals surface area contributed by atoms with Crippen LogP contribution in [0.2, 0.25) is 0 Å². The molecule has 2 aliphatic rings.